The Morgan fingerprint density at radius 2 is 1.36 bits per heavy atom. The smallest absolute Gasteiger partial charge is 1.00 e. The quantitative estimate of drug-likeness (QED) is 0.232. The first-order chi connectivity index (χ1) is 21.1. The zero-order valence-electron chi connectivity index (χ0n) is 30.3. The van der Waals surface area contributed by atoms with E-state index >= 15 is 0 Å². The van der Waals surface area contributed by atoms with Gasteiger partial charge in [-0.15, -0.1) is 0 Å². The molecule has 0 spiro atoms. The molecule has 0 aliphatic heterocycles. The second-order valence-corrected chi connectivity index (χ2v) is 22.0. The Kier molecular flexibility index (Phi) is 11.0. The minimum Gasteiger partial charge on any atom is -1.00 e. The van der Waals surface area contributed by atoms with Gasteiger partial charge in [0.25, 0.3) is 0 Å². The SMILES string of the molecule is CCC1=[C](/[Zr+2](=[CH]/c2cccc3ccccc23)[c]2cc(C(C)(C)C)cc3c2Cc2ccc(C(C)(C)C)cc2-3)C(C)C=C1C(C)(C)C.[Cl-].[Cl-]. The van der Waals surface area contributed by atoms with Crippen LogP contribution in [-0.2, 0) is 38.5 Å². The van der Waals surface area contributed by atoms with Crippen molar-refractivity contribution in [2.75, 3.05) is 0 Å². The molecule has 47 heavy (non-hydrogen) atoms. The van der Waals surface area contributed by atoms with Gasteiger partial charge in [0.05, 0.1) is 0 Å². The van der Waals surface area contributed by atoms with E-state index in [0.717, 1.165) is 12.8 Å². The molecule has 0 saturated heterocycles. The number of hydrogen-bond donors (Lipinski definition) is 0. The minimum absolute atomic E-state index is 0. The molecule has 2 aliphatic rings. The van der Waals surface area contributed by atoms with Crippen LogP contribution in [-0.4, -0.2) is 3.71 Å². The summed E-state index contributed by atoms with van der Waals surface area (Å²) in [6.07, 6.45) is 4.78. The van der Waals surface area contributed by atoms with Crippen LogP contribution in [0.5, 0.6) is 0 Å². The van der Waals surface area contributed by atoms with Crippen molar-refractivity contribution in [3.63, 3.8) is 0 Å². The Labute approximate surface area is 305 Å². The molecule has 246 valence electrons. The van der Waals surface area contributed by atoms with Gasteiger partial charge >= 0.3 is 282 Å². The summed E-state index contributed by atoms with van der Waals surface area (Å²) in [5.41, 5.74) is 14.0. The van der Waals surface area contributed by atoms with Crippen LogP contribution in [0.2, 0.25) is 0 Å². The van der Waals surface area contributed by atoms with Gasteiger partial charge in [-0.05, 0) is 0 Å². The van der Waals surface area contributed by atoms with Gasteiger partial charge in [0.1, 0.15) is 0 Å². The third-order valence-electron chi connectivity index (χ3n) is 10.1. The molecule has 3 heteroatoms. The molecule has 1 unspecified atom stereocenters. The van der Waals surface area contributed by atoms with Crippen molar-refractivity contribution in [3.05, 3.63) is 121 Å². The molecule has 0 aromatic heterocycles. The molecule has 0 N–H and O–H groups in total. The molecule has 6 rings (SSSR count). The van der Waals surface area contributed by atoms with Gasteiger partial charge < -0.3 is 24.8 Å². The van der Waals surface area contributed by atoms with Gasteiger partial charge in [-0.2, -0.15) is 0 Å². The molecule has 4 aromatic rings. The Bertz CT molecular complexity index is 1910. The zero-order valence-corrected chi connectivity index (χ0v) is 34.3. The largest absolute Gasteiger partial charge is 1.00 e. The first kappa shape index (κ1) is 37.8. The van der Waals surface area contributed by atoms with Crippen LogP contribution in [0.4, 0.5) is 0 Å². The number of halogens is 2. The molecule has 0 saturated carbocycles. The first-order valence-electron chi connectivity index (χ1n) is 17.0. The van der Waals surface area contributed by atoms with Gasteiger partial charge in [-0.1, -0.05) is 0 Å². The van der Waals surface area contributed by atoms with Crippen LogP contribution in [0.25, 0.3) is 21.9 Å². The van der Waals surface area contributed by atoms with Crippen molar-refractivity contribution in [2.45, 2.75) is 99.8 Å². The third-order valence-corrected chi connectivity index (χ3v) is 17.4. The molecule has 0 fully saturated rings. The number of benzene rings is 4. The van der Waals surface area contributed by atoms with Crippen LogP contribution < -0.4 is 28.1 Å². The second kappa shape index (κ2) is 13.7. The number of fused-ring (bicyclic) bond motifs is 4. The van der Waals surface area contributed by atoms with E-state index in [9.17, 15) is 0 Å². The topological polar surface area (TPSA) is 0 Å². The normalized spacial score (nSPS) is 16.1. The van der Waals surface area contributed by atoms with Crippen molar-refractivity contribution in [2.24, 2.45) is 11.3 Å². The minimum atomic E-state index is -2.68. The maximum absolute atomic E-state index is 2.82. The maximum atomic E-state index is 2.82. The molecule has 2 aliphatic carbocycles. The first-order valence-corrected chi connectivity index (χ1v) is 20.9. The molecule has 0 nitrogen and oxygen atoms in total. The van der Waals surface area contributed by atoms with Crippen LogP contribution >= 0.6 is 0 Å². The molecule has 4 aromatic carbocycles. The van der Waals surface area contributed by atoms with Gasteiger partial charge in [0.15, 0.2) is 0 Å². The Morgan fingerprint density at radius 1 is 0.723 bits per heavy atom. The van der Waals surface area contributed by atoms with Crippen LogP contribution in [0.3, 0.4) is 0 Å². The van der Waals surface area contributed by atoms with E-state index in [1.807, 2.05) is 0 Å². The average Bonchev–Trinajstić information content (AvgIpc) is 3.51. The monoisotopic (exact) mass is 740 g/mol. The van der Waals surface area contributed by atoms with E-state index in [0.29, 0.717) is 5.92 Å². The predicted molar refractivity (Wildman–Crippen MR) is 195 cm³/mol. The van der Waals surface area contributed by atoms with Gasteiger partial charge in [0.2, 0.25) is 0 Å². The number of rotatable bonds is 4. The third kappa shape index (κ3) is 7.16. The van der Waals surface area contributed by atoms with Gasteiger partial charge in [0, 0.05) is 0 Å². The van der Waals surface area contributed by atoms with Crippen molar-refractivity contribution >= 4 is 17.8 Å². The molecule has 0 bridgehead atoms. The van der Waals surface area contributed by atoms with Crippen molar-refractivity contribution in [1.29, 1.82) is 0 Å². The molecular weight excluding hydrogens is 691 g/mol. The zero-order chi connectivity index (χ0) is 32.5. The van der Waals surface area contributed by atoms with E-state index in [4.69, 9.17) is 0 Å². The summed E-state index contributed by atoms with van der Waals surface area (Å²) < 4.78 is 6.30. The molecule has 1 atom stereocenters. The van der Waals surface area contributed by atoms with E-state index in [1.54, 1.807) is 23.3 Å². The van der Waals surface area contributed by atoms with E-state index < -0.39 is 21.3 Å². The number of hydrogen-bond acceptors (Lipinski definition) is 0. The number of allylic oxidation sites excluding steroid dienone is 4. The van der Waals surface area contributed by atoms with Gasteiger partial charge in [-0.3, -0.25) is 0 Å². The summed E-state index contributed by atoms with van der Waals surface area (Å²) in [5, 5.41) is 2.72. The average molecular weight is 743 g/mol. The fraction of sp³-hybridized carbons (Fsp3) is 0.386. The van der Waals surface area contributed by atoms with Crippen molar-refractivity contribution in [1.82, 2.24) is 0 Å². The fourth-order valence-electron chi connectivity index (χ4n) is 7.59. The second-order valence-electron chi connectivity index (χ2n) is 16.6. The Morgan fingerprint density at radius 3 is 2.00 bits per heavy atom. The van der Waals surface area contributed by atoms with E-state index in [1.165, 1.54) is 44.2 Å². The van der Waals surface area contributed by atoms with E-state index in [2.05, 4.69) is 159 Å². The Balaban J connectivity index is 0.00000250. The van der Waals surface area contributed by atoms with Crippen LogP contribution in [0.1, 0.15) is 110 Å². The van der Waals surface area contributed by atoms with E-state index in [-0.39, 0.29) is 41.1 Å². The van der Waals surface area contributed by atoms with Crippen molar-refractivity contribution in [3.8, 4) is 11.1 Å². The standard InChI is InChI=1S/C21H25.C12H19.C11H8.2ClH.Zr/c1-20(2,3)16-9-7-14-11-15-8-10-17(21(4,5)6)13-19(15)18(14)12-16;1-6-10-7-9(2)8-11(10)12(3,4)5;1-9-5-4-7-10-6-2-3-8-11(9)10;;;/h7,9-10,12-13H,11H2,1-6H3;8-9H,6H2,1-5H3;1-8H;2*1H;/q;;;;;+2/p-2. The molecule has 0 amide bonds. The maximum Gasteiger partial charge on any atom is -1.00 e. The molecule has 0 heterocycles. The Hall–Kier alpha value is -2.05. The van der Waals surface area contributed by atoms with Crippen LogP contribution in [0, 0.1) is 11.3 Å². The fourth-order valence-corrected chi connectivity index (χ4v) is 15.5. The molecular formula is C44H52Cl2Zr. The summed E-state index contributed by atoms with van der Waals surface area (Å²) in [6, 6.07) is 28.5. The van der Waals surface area contributed by atoms with Gasteiger partial charge in [-0.25, -0.2) is 0 Å². The van der Waals surface area contributed by atoms with Crippen LogP contribution in [0.15, 0.2) is 93.3 Å². The predicted octanol–water partition coefficient (Wildman–Crippen LogP) is 5.39. The summed E-state index contributed by atoms with van der Waals surface area (Å²) in [7, 11) is 0. The summed E-state index contributed by atoms with van der Waals surface area (Å²) in [4.78, 5) is 0. The summed E-state index contributed by atoms with van der Waals surface area (Å²) in [5.74, 6) is 0.472. The van der Waals surface area contributed by atoms with Crippen molar-refractivity contribution < 1.29 is 46.1 Å². The summed E-state index contributed by atoms with van der Waals surface area (Å²) >= 11 is -2.68. The molecule has 0 radical (unpaired) electrons. The summed E-state index contributed by atoms with van der Waals surface area (Å²) in [6.45, 7) is 26.3.